The maximum atomic E-state index is 2.60. The fraction of sp³-hybridized carbons (Fsp3) is 0.296. The molecule has 0 atom stereocenters. The van der Waals surface area contributed by atoms with Gasteiger partial charge in [0.2, 0.25) is 0 Å². The highest BCUT2D eigenvalue weighted by Gasteiger charge is 2.43. The summed E-state index contributed by atoms with van der Waals surface area (Å²) in [5.41, 5.74) is 15.1. The van der Waals surface area contributed by atoms with Gasteiger partial charge in [-0.2, -0.15) is 0 Å². The van der Waals surface area contributed by atoms with E-state index in [1.54, 1.807) is 5.56 Å². The number of fused-ring (bicyclic) bond motifs is 9. The van der Waals surface area contributed by atoms with Crippen molar-refractivity contribution in [2.45, 2.75) is 103 Å². The predicted octanol–water partition coefficient (Wildman–Crippen LogP) is 16.0. The van der Waals surface area contributed by atoms with Crippen molar-refractivity contribution in [2.24, 2.45) is 0 Å². The van der Waals surface area contributed by atoms with Crippen LogP contribution in [0.4, 0.5) is 17.1 Å². The van der Waals surface area contributed by atoms with Crippen molar-refractivity contribution in [3.05, 3.63) is 162 Å². The highest BCUT2D eigenvalue weighted by molar-refractivity contribution is 6.08. The summed E-state index contributed by atoms with van der Waals surface area (Å²) in [5, 5.41) is 5.16. The summed E-state index contributed by atoms with van der Waals surface area (Å²) in [6.07, 6.45) is 12.7. The number of unbranched alkanes of at least 4 members (excludes halogenated alkanes) is 6. The van der Waals surface area contributed by atoms with Gasteiger partial charge >= 0.3 is 0 Å². The Kier molecular flexibility index (Phi) is 9.37. The lowest BCUT2D eigenvalue weighted by Gasteiger charge is -2.34. The molecule has 0 aromatic heterocycles. The van der Waals surface area contributed by atoms with Gasteiger partial charge in [0.15, 0.2) is 0 Å². The summed E-state index contributed by atoms with van der Waals surface area (Å²) in [5.74, 6) is 0. The van der Waals surface area contributed by atoms with E-state index in [-0.39, 0.29) is 10.8 Å². The van der Waals surface area contributed by atoms with Crippen LogP contribution in [-0.4, -0.2) is 0 Å². The number of anilines is 3. The van der Waals surface area contributed by atoms with E-state index in [1.165, 1.54) is 142 Å². The fourth-order valence-corrected chi connectivity index (χ4v) is 10.4. The molecule has 9 rings (SSSR count). The molecular weight excluding hydrogens is 663 g/mol. The van der Waals surface area contributed by atoms with Gasteiger partial charge in [0.25, 0.3) is 0 Å². The molecular formula is C54H55N. The molecule has 276 valence electrons. The van der Waals surface area contributed by atoms with E-state index in [2.05, 4.69) is 172 Å². The third-order valence-corrected chi connectivity index (χ3v) is 13.2. The predicted molar refractivity (Wildman–Crippen MR) is 237 cm³/mol. The Bertz CT molecular complexity index is 2500. The van der Waals surface area contributed by atoms with Gasteiger partial charge in [-0.05, 0) is 115 Å². The monoisotopic (exact) mass is 717 g/mol. The molecule has 0 spiro atoms. The molecule has 0 N–H and O–H groups in total. The Balaban J connectivity index is 1.23. The molecule has 0 aliphatic heterocycles. The lowest BCUT2D eigenvalue weighted by molar-refractivity contribution is 0.401. The van der Waals surface area contributed by atoms with Gasteiger partial charge in [-0.15, -0.1) is 0 Å². The normalized spacial score (nSPS) is 14.5. The highest BCUT2D eigenvalue weighted by atomic mass is 15.1. The molecule has 2 aliphatic carbocycles. The quantitative estimate of drug-likeness (QED) is 0.0848. The number of benzene rings is 7. The number of hydrogen-bond acceptors (Lipinski definition) is 1. The third kappa shape index (κ3) is 5.99. The highest BCUT2D eigenvalue weighted by Crippen LogP contribution is 2.56. The van der Waals surface area contributed by atoms with Crippen molar-refractivity contribution < 1.29 is 0 Å². The second kappa shape index (κ2) is 14.5. The van der Waals surface area contributed by atoms with Gasteiger partial charge in [-0.1, -0.05) is 182 Å². The maximum absolute atomic E-state index is 2.60. The zero-order chi connectivity index (χ0) is 37.6. The van der Waals surface area contributed by atoms with Crippen LogP contribution in [0.3, 0.4) is 0 Å². The molecule has 55 heavy (non-hydrogen) atoms. The Labute approximate surface area is 329 Å². The molecule has 0 saturated heterocycles. The molecule has 2 aliphatic rings. The molecule has 0 radical (unpaired) electrons. The largest absolute Gasteiger partial charge is 0.310 e. The topological polar surface area (TPSA) is 3.24 Å². The summed E-state index contributed by atoms with van der Waals surface area (Å²) in [4.78, 5) is 2.55. The van der Waals surface area contributed by atoms with Gasteiger partial charge < -0.3 is 4.90 Å². The molecule has 0 fully saturated rings. The first kappa shape index (κ1) is 35.6. The van der Waals surface area contributed by atoms with Gasteiger partial charge in [0.1, 0.15) is 0 Å². The van der Waals surface area contributed by atoms with Crippen LogP contribution in [0, 0.1) is 0 Å². The van der Waals surface area contributed by atoms with Crippen LogP contribution in [0.2, 0.25) is 0 Å². The second-order valence-electron chi connectivity index (χ2n) is 16.9. The molecule has 0 heterocycles. The molecule has 7 aromatic carbocycles. The molecule has 7 aromatic rings. The van der Waals surface area contributed by atoms with E-state index in [0.717, 1.165) is 0 Å². The molecule has 0 amide bonds. The SMILES string of the molecule is CCCCCCC1(CCCCCC)c2ccccc2-c2ccc(N(c3ccc4c(c3)C(C)(C)c3ccccc3-4)c3ccc4c(ccc5ccccc54)c3)cc21. The molecule has 0 bridgehead atoms. The Morgan fingerprint density at radius 3 is 1.62 bits per heavy atom. The first-order valence-corrected chi connectivity index (χ1v) is 21.1. The summed E-state index contributed by atoms with van der Waals surface area (Å²) in [6, 6.07) is 53.5. The van der Waals surface area contributed by atoms with Crippen LogP contribution < -0.4 is 4.90 Å². The summed E-state index contributed by atoms with van der Waals surface area (Å²) >= 11 is 0. The Hall–Kier alpha value is -5.14. The van der Waals surface area contributed by atoms with E-state index < -0.39 is 0 Å². The van der Waals surface area contributed by atoms with Crippen LogP contribution >= 0.6 is 0 Å². The van der Waals surface area contributed by atoms with Crippen molar-refractivity contribution in [3.8, 4) is 22.3 Å². The summed E-state index contributed by atoms with van der Waals surface area (Å²) in [6.45, 7) is 9.45. The van der Waals surface area contributed by atoms with Crippen LogP contribution in [0.5, 0.6) is 0 Å². The first-order valence-electron chi connectivity index (χ1n) is 21.1. The van der Waals surface area contributed by atoms with Crippen molar-refractivity contribution in [3.63, 3.8) is 0 Å². The average molecular weight is 718 g/mol. The minimum absolute atomic E-state index is 0.0267. The minimum Gasteiger partial charge on any atom is -0.310 e. The van der Waals surface area contributed by atoms with Gasteiger partial charge in [-0.25, -0.2) is 0 Å². The summed E-state index contributed by atoms with van der Waals surface area (Å²) < 4.78 is 0. The van der Waals surface area contributed by atoms with Gasteiger partial charge in [0, 0.05) is 27.9 Å². The van der Waals surface area contributed by atoms with Gasteiger partial charge in [0.05, 0.1) is 0 Å². The first-order chi connectivity index (χ1) is 26.9. The lowest BCUT2D eigenvalue weighted by atomic mass is 9.70. The van der Waals surface area contributed by atoms with Crippen LogP contribution in [0.15, 0.2) is 140 Å². The number of nitrogens with zero attached hydrogens (tertiary/aromatic N) is 1. The Morgan fingerprint density at radius 2 is 0.909 bits per heavy atom. The third-order valence-electron chi connectivity index (χ3n) is 13.2. The summed E-state index contributed by atoms with van der Waals surface area (Å²) in [7, 11) is 0. The van der Waals surface area contributed by atoms with E-state index in [1.807, 2.05) is 0 Å². The van der Waals surface area contributed by atoms with E-state index in [9.17, 15) is 0 Å². The molecule has 0 unspecified atom stereocenters. The van der Waals surface area contributed by atoms with Crippen LogP contribution in [0.25, 0.3) is 43.8 Å². The zero-order valence-electron chi connectivity index (χ0n) is 33.3. The number of rotatable bonds is 13. The van der Waals surface area contributed by atoms with E-state index in [4.69, 9.17) is 0 Å². The van der Waals surface area contributed by atoms with Crippen LogP contribution in [-0.2, 0) is 10.8 Å². The second-order valence-corrected chi connectivity index (χ2v) is 16.9. The Morgan fingerprint density at radius 1 is 0.400 bits per heavy atom. The van der Waals surface area contributed by atoms with Crippen molar-refractivity contribution in [1.82, 2.24) is 0 Å². The average Bonchev–Trinajstić information content (AvgIpc) is 3.62. The zero-order valence-corrected chi connectivity index (χ0v) is 33.3. The van der Waals surface area contributed by atoms with Gasteiger partial charge in [-0.3, -0.25) is 0 Å². The standard InChI is InChI=1S/C54H55N/c1-5-7-9-17-33-54(34-18-10-8-6-2)50-24-16-14-22-46(50)48-32-29-42(37-52(48)54)55(40-27-30-44-39(35-40)26-25-38-19-11-12-20-43(38)44)41-28-31-47-45-21-13-15-23-49(45)53(3,4)51(47)36-41/h11-16,19-32,35-37H,5-10,17-18,33-34H2,1-4H3. The van der Waals surface area contributed by atoms with Crippen molar-refractivity contribution in [1.29, 1.82) is 0 Å². The molecule has 0 saturated carbocycles. The van der Waals surface area contributed by atoms with E-state index >= 15 is 0 Å². The maximum Gasteiger partial charge on any atom is 0.0468 e. The smallest absolute Gasteiger partial charge is 0.0468 e. The lowest BCUT2D eigenvalue weighted by Crippen LogP contribution is -2.26. The van der Waals surface area contributed by atoms with Crippen molar-refractivity contribution >= 4 is 38.6 Å². The minimum atomic E-state index is -0.0817. The number of hydrogen-bond donors (Lipinski definition) is 0. The molecule has 1 nitrogen and oxygen atoms in total. The van der Waals surface area contributed by atoms with Crippen molar-refractivity contribution in [2.75, 3.05) is 4.90 Å². The molecule has 1 heteroatoms. The fourth-order valence-electron chi connectivity index (χ4n) is 10.4. The van der Waals surface area contributed by atoms with E-state index in [0.29, 0.717) is 0 Å². The van der Waals surface area contributed by atoms with Crippen LogP contribution in [0.1, 0.15) is 114 Å².